The van der Waals surface area contributed by atoms with Gasteiger partial charge >= 0.3 is 0 Å². The lowest BCUT2D eigenvalue weighted by molar-refractivity contribution is -0.111. The summed E-state index contributed by atoms with van der Waals surface area (Å²) in [5.74, 6) is 3.39. The number of fused-ring (bicyclic) bond motifs is 1. The van der Waals surface area contributed by atoms with Crippen molar-refractivity contribution >= 4 is 45.6 Å². The SMILES string of the molecule is C#Cc1ccc(Cl)c(Nc2ncnc3cc(OC4CCOC4)c(NC(=O)C=CCN(CC)CC)cc23)c1. The van der Waals surface area contributed by atoms with E-state index in [1.807, 2.05) is 6.08 Å². The number of nitrogens with zero attached hydrogens (tertiary/aromatic N) is 3. The number of anilines is 3. The molecule has 37 heavy (non-hydrogen) atoms. The quantitative estimate of drug-likeness (QED) is 0.287. The molecule has 0 bridgehead atoms. The Morgan fingerprint density at radius 1 is 1.27 bits per heavy atom. The predicted octanol–water partition coefficient (Wildman–Crippen LogP) is 5.01. The predicted molar refractivity (Wildman–Crippen MR) is 148 cm³/mol. The molecule has 2 heterocycles. The van der Waals surface area contributed by atoms with Crippen molar-refractivity contribution in [2.24, 2.45) is 0 Å². The maximum absolute atomic E-state index is 12.8. The van der Waals surface area contributed by atoms with Crippen LogP contribution in [0.3, 0.4) is 0 Å². The van der Waals surface area contributed by atoms with Crippen molar-refractivity contribution in [1.82, 2.24) is 14.9 Å². The number of hydrogen-bond acceptors (Lipinski definition) is 7. The third kappa shape index (κ3) is 6.77. The number of benzene rings is 2. The number of nitrogens with one attached hydrogen (secondary N) is 2. The summed E-state index contributed by atoms with van der Waals surface area (Å²) < 4.78 is 11.7. The van der Waals surface area contributed by atoms with Crippen molar-refractivity contribution in [3.63, 3.8) is 0 Å². The van der Waals surface area contributed by atoms with E-state index in [9.17, 15) is 4.79 Å². The van der Waals surface area contributed by atoms with Gasteiger partial charge < -0.3 is 25.0 Å². The molecule has 1 amide bonds. The van der Waals surface area contributed by atoms with Gasteiger partial charge in [-0.25, -0.2) is 9.97 Å². The van der Waals surface area contributed by atoms with Crippen molar-refractivity contribution in [2.75, 3.05) is 43.5 Å². The lowest BCUT2D eigenvalue weighted by Crippen LogP contribution is -2.23. The second-order valence-electron chi connectivity index (χ2n) is 8.53. The molecule has 1 fully saturated rings. The summed E-state index contributed by atoms with van der Waals surface area (Å²) >= 11 is 6.39. The number of halogens is 1. The number of ether oxygens (including phenoxy) is 2. The molecule has 1 saturated heterocycles. The zero-order valence-electron chi connectivity index (χ0n) is 21.0. The largest absolute Gasteiger partial charge is 0.486 e. The third-order valence-corrected chi connectivity index (χ3v) is 6.42. The number of terminal acetylenes is 1. The van der Waals surface area contributed by atoms with Crippen LogP contribution < -0.4 is 15.4 Å². The summed E-state index contributed by atoms with van der Waals surface area (Å²) in [6.45, 7) is 7.84. The normalized spacial score (nSPS) is 15.3. The van der Waals surface area contributed by atoms with Crippen molar-refractivity contribution in [3.05, 3.63) is 59.4 Å². The summed E-state index contributed by atoms with van der Waals surface area (Å²) in [5, 5.41) is 7.39. The van der Waals surface area contributed by atoms with Crippen LogP contribution in [0.4, 0.5) is 17.2 Å². The first-order valence-corrected chi connectivity index (χ1v) is 12.6. The first-order chi connectivity index (χ1) is 18.0. The van der Waals surface area contributed by atoms with Crippen LogP contribution in [0.15, 0.2) is 48.8 Å². The highest BCUT2D eigenvalue weighted by Gasteiger charge is 2.21. The van der Waals surface area contributed by atoms with Gasteiger partial charge in [0.05, 0.1) is 35.1 Å². The van der Waals surface area contributed by atoms with E-state index in [4.69, 9.17) is 27.5 Å². The second-order valence-corrected chi connectivity index (χ2v) is 8.94. The Morgan fingerprint density at radius 2 is 2.11 bits per heavy atom. The van der Waals surface area contributed by atoms with Crippen LogP contribution in [0.1, 0.15) is 25.8 Å². The minimum absolute atomic E-state index is 0.101. The highest BCUT2D eigenvalue weighted by molar-refractivity contribution is 6.33. The van der Waals surface area contributed by atoms with Gasteiger partial charge in [0.25, 0.3) is 0 Å². The first kappa shape index (κ1) is 26.4. The molecule has 1 unspecified atom stereocenters. The lowest BCUT2D eigenvalue weighted by atomic mass is 10.1. The smallest absolute Gasteiger partial charge is 0.248 e. The fourth-order valence-electron chi connectivity index (χ4n) is 3.97. The van der Waals surface area contributed by atoms with E-state index in [2.05, 4.69) is 45.3 Å². The average molecular weight is 520 g/mol. The fourth-order valence-corrected chi connectivity index (χ4v) is 4.13. The number of amides is 1. The van der Waals surface area contributed by atoms with E-state index in [-0.39, 0.29) is 12.0 Å². The van der Waals surface area contributed by atoms with Crippen molar-refractivity contribution in [2.45, 2.75) is 26.4 Å². The molecule has 4 rings (SSSR count). The molecule has 8 nitrogen and oxygen atoms in total. The van der Waals surface area contributed by atoms with Crippen LogP contribution in [0, 0.1) is 12.3 Å². The molecule has 0 saturated carbocycles. The van der Waals surface area contributed by atoms with E-state index in [1.165, 1.54) is 12.4 Å². The maximum Gasteiger partial charge on any atom is 0.248 e. The van der Waals surface area contributed by atoms with E-state index in [1.54, 1.807) is 30.3 Å². The van der Waals surface area contributed by atoms with Gasteiger partial charge in [0.2, 0.25) is 5.91 Å². The summed E-state index contributed by atoms with van der Waals surface area (Å²) in [5.41, 5.74) is 2.46. The summed E-state index contributed by atoms with van der Waals surface area (Å²) in [7, 11) is 0. The van der Waals surface area contributed by atoms with Crippen molar-refractivity contribution in [3.8, 4) is 18.1 Å². The van der Waals surface area contributed by atoms with Gasteiger partial charge in [0.15, 0.2) is 0 Å². The molecule has 0 radical (unpaired) electrons. The maximum atomic E-state index is 12.8. The zero-order valence-corrected chi connectivity index (χ0v) is 21.7. The number of rotatable bonds is 10. The van der Waals surface area contributed by atoms with Gasteiger partial charge in [-0.1, -0.05) is 37.4 Å². The van der Waals surface area contributed by atoms with Crippen LogP contribution in [0.5, 0.6) is 5.75 Å². The van der Waals surface area contributed by atoms with Crippen molar-refractivity contribution < 1.29 is 14.3 Å². The molecule has 1 aliphatic rings. The van der Waals surface area contributed by atoms with E-state index >= 15 is 0 Å². The molecular formula is C28H30ClN5O3. The molecule has 1 aliphatic heterocycles. The lowest BCUT2D eigenvalue weighted by Gasteiger charge is -2.18. The Hall–Kier alpha value is -3.64. The molecule has 2 aromatic carbocycles. The second kappa shape index (κ2) is 12.5. The van der Waals surface area contributed by atoms with Crippen LogP contribution in [0.25, 0.3) is 10.9 Å². The molecule has 2 N–H and O–H groups in total. The van der Waals surface area contributed by atoms with Gasteiger partial charge in [-0.05, 0) is 37.4 Å². The molecular weight excluding hydrogens is 490 g/mol. The Bertz CT molecular complexity index is 1330. The van der Waals surface area contributed by atoms with Crippen molar-refractivity contribution in [1.29, 1.82) is 0 Å². The molecule has 1 atom stereocenters. The van der Waals surface area contributed by atoms with Gasteiger partial charge in [-0.3, -0.25) is 4.79 Å². The number of aromatic nitrogens is 2. The van der Waals surface area contributed by atoms with Crippen LogP contribution in [-0.2, 0) is 9.53 Å². The van der Waals surface area contributed by atoms with Gasteiger partial charge in [0, 0.05) is 36.1 Å². The highest BCUT2D eigenvalue weighted by Crippen LogP contribution is 2.35. The van der Waals surface area contributed by atoms with Crippen LogP contribution >= 0.6 is 11.6 Å². The topological polar surface area (TPSA) is 88.6 Å². The Kier molecular flexibility index (Phi) is 8.96. The van der Waals surface area contributed by atoms with Crippen LogP contribution in [-0.4, -0.2) is 59.7 Å². The summed E-state index contributed by atoms with van der Waals surface area (Å²) in [6, 6.07) is 8.88. The molecule has 3 aromatic rings. The highest BCUT2D eigenvalue weighted by atomic mass is 35.5. The van der Waals surface area contributed by atoms with Gasteiger partial charge in [-0.2, -0.15) is 0 Å². The van der Waals surface area contributed by atoms with E-state index < -0.39 is 0 Å². The minimum Gasteiger partial charge on any atom is -0.486 e. The number of likely N-dealkylation sites (N-methyl/N-ethyl adjacent to an activating group) is 1. The molecule has 192 valence electrons. The minimum atomic E-state index is -0.254. The van der Waals surface area contributed by atoms with Crippen LogP contribution in [0.2, 0.25) is 5.02 Å². The number of carbonyl (C=O) groups excluding carboxylic acids is 1. The Morgan fingerprint density at radius 3 is 2.84 bits per heavy atom. The monoisotopic (exact) mass is 519 g/mol. The molecule has 0 aliphatic carbocycles. The standard InChI is InChI=1S/C28H30ClN5O3/c1-4-19-9-10-22(29)24(14-19)33-28-21-15-25(32-27(35)8-7-12-34(5-2)6-3)26(16-23(21)30-18-31-28)37-20-11-13-36-17-20/h1,7-10,14-16,18,20H,5-6,11-13,17H2,2-3H3,(H,32,35)(H,30,31,33). The zero-order chi connectivity index (χ0) is 26.2. The van der Waals surface area contributed by atoms with E-state index in [0.29, 0.717) is 64.2 Å². The molecule has 0 spiro atoms. The summed E-state index contributed by atoms with van der Waals surface area (Å²) in [6.07, 6.45) is 11.1. The van der Waals surface area contributed by atoms with Gasteiger partial charge in [-0.15, -0.1) is 6.42 Å². The van der Waals surface area contributed by atoms with E-state index in [0.717, 1.165) is 19.5 Å². The Balaban J connectivity index is 1.67. The third-order valence-electron chi connectivity index (χ3n) is 6.09. The first-order valence-electron chi connectivity index (χ1n) is 12.3. The average Bonchev–Trinajstić information content (AvgIpc) is 3.42. The summed E-state index contributed by atoms with van der Waals surface area (Å²) in [4.78, 5) is 23.9. The molecule has 1 aromatic heterocycles. The molecule has 9 heteroatoms. The fraction of sp³-hybridized carbons (Fsp3) is 0.321. The number of hydrogen-bond donors (Lipinski definition) is 2. The number of carbonyl (C=O) groups is 1. The van der Waals surface area contributed by atoms with Gasteiger partial charge in [0.1, 0.15) is 24.0 Å². The Labute approximate surface area is 222 Å².